The van der Waals surface area contributed by atoms with Crippen LogP contribution in [0.15, 0.2) is 115 Å². The number of ether oxygens (including phenoxy) is 1. The van der Waals surface area contributed by atoms with Crippen LogP contribution in [0.4, 0.5) is 0 Å². The molecule has 4 aromatic rings. The Balaban J connectivity index is 0.000000237. The molecule has 0 aliphatic rings. The van der Waals surface area contributed by atoms with E-state index in [1.54, 1.807) is 48.5 Å². The Kier molecular flexibility index (Phi) is 9.54. The minimum atomic E-state index is -1.02. The third kappa shape index (κ3) is 8.11. The van der Waals surface area contributed by atoms with E-state index >= 15 is 0 Å². The lowest BCUT2D eigenvalue weighted by Gasteiger charge is -2.06. The molecule has 35 heavy (non-hydrogen) atoms. The van der Waals surface area contributed by atoms with Gasteiger partial charge in [-0.3, -0.25) is 4.79 Å². The molecule has 4 aromatic carbocycles. The molecule has 0 fully saturated rings. The Bertz CT molecular complexity index is 1190. The second-order valence-electron chi connectivity index (χ2n) is 7.45. The summed E-state index contributed by atoms with van der Waals surface area (Å²) in [5, 5.41) is 17.3. The van der Waals surface area contributed by atoms with E-state index in [0.29, 0.717) is 22.4 Å². The largest absolute Gasteiger partial charge is 0.491 e. The monoisotopic (exact) mass is 466 g/mol. The zero-order chi connectivity index (χ0) is 24.9. The normalized spacial score (nSPS) is 10.3. The molecular weight excluding hydrogens is 440 g/mol. The molecule has 5 nitrogen and oxygen atoms in total. The second-order valence-corrected chi connectivity index (χ2v) is 7.45. The van der Waals surface area contributed by atoms with Crippen LogP contribution in [0.3, 0.4) is 0 Å². The van der Waals surface area contributed by atoms with Crippen LogP contribution in [0, 0.1) is 0 Å². The predicted octanol–water partition coefficient (Wildman–Crippen LogP) is 5.74. The van der Waals surface area contributed by atoms with Crippen molar-refractivity contribution in [2.45, 2.75) is 0 Å². The number of benzene rings is 4. The summed E-state index contributed by atoms with van der Waals surface area (Å²) in [6, 6.07) is 34.1. The molecule has 0 saturated carbocycles. The van der Waals surface area contributed by atoms with Crippen molar-refractivity contribution in [3.8, 4) is 16.9 Å². The summed E-state index contributed by atoms with van der Waals surface area (Å²) in [6.45, 7) is 0.141. The summed E-state index contributed by atoms with van der Waals surface area (Å²) in [5.74, 6) is -0.564. The summed E-state index contributed by atoms with van der Waals surface area (Å²) < 4.78 is 5.24. The van der Waals surface area contributed by atoms with Crippen LogP contribution < -0.4 is 4.74 Å². The maximum atomic E-state index is 12.4. The van der Waals surface area contributed by atoms with E-state index in [9.17, 15) is 9.59 Å². The summed E-state index contributed by atoms with van der Waals surface area (Å²) in [7, 11) is 0. The van der Waals surface area contributed by atoms with Gasteiger partial charge in [0.15, 0.2) is 5.78 Å². The maximum Gasteiger partial charge on any atom is 0.328 e. The van der Waals surface area contributed by atoms with Crippen molar-refractivity contribution in [3.63, 3.8) is 0 Å². The predicted molar refractivity (Wildman–Crippen MR) is 137 cm³/mol. The van der Waals surface area contributed by atoms with E-state index < -0.39 is 5.97 Å². The van der Waals surface area contributed by atoms with Crippen molar-refractivity contribution >= 4 is 17.8 Å². The molecule has 176 valence electrons. The van der Waals surface area contributed by atoms with Gasteiger partial charge in [0.2, 0.25) is 0 Å². The lowest BCUT2D eigenvalue weighted by atomic mass is 10.0. The molecule has 4 rings (SSSR count). The minimum absolute atomic E-state index is 0.0661. The Morgan fingerprint density at radius 2 is 1.17 bits per heavy atom. The first-order valence-corrected chi connectivity index (χ1v) is 11.1. The van der Waals surface area contributed by atoms with Crippen molar-refractivity contribution < 1.29 is 24.5 Å². The molecule has 0 atom stereocenters. The van der Waals surface area contributed by atoms with Gasteiger partial charge in [-0.05, 0) is 47.0 Å². The van der Waals surface area contributed by atoms with Gasteiger partial charge in [0, 0.05) is 17.2 Å². The van der Waals surface area contributed by atoms with Crippen molar-refractivity contribution in [2.75, 3.05) is 13.2 Å². The van der Waals surface area contributed by atoms with Gasteiger partial charge in [0.1, 0.15) is 12.4 Å². The number of carbonyl (C=O) groups is 2. The summed E-state index contributed by atoms with van der Waals surface area (Å²) in [4.78, 5) is 22.8. The minimum Gasteiger partial charge on any atom is -0.491 e. The van der Waals surface area contributed by atoms with E-state index in [0.717, 1.165) is 6.08 Å². The number of aliphatic carboxylic acids is 1. The average molecular weight is 467 g/mol. The lowest BCUT2D eigenvalue weighted by Crippen LogP contribution is -2.03. The molecule has 0 amide bonds. The molecule has 0 bridgehead atoms. The van der Waals surface area contributed by atoms with Crippen molar-refractivity contribution in [1.82, 2.24) is 0 Å². The molecule has 0 radical (unpaired) electrons. The number of aliphatic hydroxyl groups is 1. The molecule has 0 spiro atoms. The molecule has 0 aliphatic heterocycles. The molecule has 0 aromatic heterocycles. The molecule has 0 aliphatic carbocycles. The highest BCUT2D eigenvalue weighted by Gasteiger charge is 2.09. The van der Waals surface area contributed by atoms with Gasteiger partial charge < -0.3 is 14.9 Å². The quantitative estimate of drug-likeness (QED) is 0.256. The fourth-order valence-electron chi connectivity index (χ4n) is 3.21. The highest BCUT2D eigenvalue weighted by atomic mass is 16.5. The van der Waals surface area contributed by atoms with Crippen LogP contribution in [0.25, 0.3) is 17.2 Å². The third-order valence-corrected chi connectivity index (χ3v) is 4.95. The highest BCUT2D eigenvalue weighted by Crippen LogP contribution is 2.18. The zero-order valence-corrected chi connectivity index (χ0v) is 19.1. The molecule has 0 saturated heterocycles. The van der Waals surface area contributed by atoms with Crippen molar-refractivity contribution in [3.05, 3.63) is 132 Å². The Morgan fingerprint density at radius 1 is 0.686 bits per heavy atom. The Labute approximate surface area is 204 Å². The van der Waals surface area contributed by atoms with E-state index in [1.807, 2.05) is 12.1 Å². The molecule has 0 heterocycles. The maximum absolute atomic E-state index is 12.4. The van der Waals surface area contributed by atoms with Crippen LogP contribution >= 0.6 is 0 Å². The molecule has 5 heteroatoms. The number of hydrogen-bond donors (Lipinski definition) is 2. The second kappa shape index (κ2) is 13.3. The molecular formula is C30H26O5. The zero-order valence-electron chi connectivity index (χ0n) is 19.1. The first-order chi connectivity index (χ1) is 17.1. The number of ketones is 1. The van der Waals surface area contributed by atoms with Gasteiger partial charge in [-0.2, -0.15) is 0 Å². The van der Waals surface area contributed by atoms with Crippen LogP contribution in [0.1, 0.15) is 21.5 Å². The number of carboxylic acids is 1. The Hall–Kier alpha value is -4.48. The van der Waals surface area contributed by atoms with Gasteiger partial charge in [0.25, 0.3) is 0 Å². The fourth-order valence-corrected chi connectivity index (χ4v) is 3.21. The topological polar surface area (TPSA) is 83.8 Å². The van der Waals surface area contributed by atoms with Gasteiger partial charge >= 0.3 is 5.97 Å². The standard InChI is InChI=1S/C18H16O5.C12H10/c19-11-12-23-16-8-6-15(7-9-16)18(22)14-4-1-13(2-5-14)3-10-17(20)21;1-3-7-11(8-4-1)12-9-5-2-6-10-12/h1-10,19H,11-12H2,(H,20,21);1-10H. The Morgan fingerprint density at radius 3 is 1.63 bits per heavy atom. The smallest absolute Gasteiger partial charge is 0.328 e. The van der Waals surface area contributed by atoms with E-state index in [4.69, 9.17) is 14.9 Å². The van der Waals surface area contributed by atoms with E-state index in [1.165, 1.54) is 17.2 Å². The number of aliphatic hydroxyl groups excluding tert-OH is 1. The van der Waals surface area contributed by atoms with Crippen molar-refractivity contribution in [2.24, 2.45) is 0 Å². The number of rotatable bonds is 8. The summed E-state index contributed by atoms with van der Waals surface area (Å²) >= 11 is 0. The van der Waals surface area contributed by atoms with Gasteiger partial charge in [-0.15, -0.1) is 0 Å². The SMILES string of the molecule is O=C(O)C=Cc1ccc(C(=O)c2ccc(OCCO)cc2)cc1.c1ccc(-c2ccccc2)cc1. The van der Waals surface area contributed by atoms with E-state index in [-0.39, 0.29) is 19.0 Å². The fraction of sp³-hybridized carbons (Fsp3) is 0.0667. The first kappa shape index (κ1) is 25.1. The van der Waals surface area contributed by atoms with Crippen LogP contribution in [0.2, 0.25) is 0 Å². The number of carboxylic acid groups (broad SMARTS) is 1. The van der Waals surface area contributed by atoms with Crippen LogP contribution in [-0.2, 0) is 4.79 Å². The van der Waals surface area contributed by atoms with E-state index in [2.05, 4.69) is 48.5 Å². The van der Waals surface area contributed by atoms with Gasteiger partial charge in [-0.25, -0.2) is 4.79 Å². The lowest BCUT2D eigenvalue weighted by molar-refractivity contribution is -0.131. The summed E-state index contributed by atoms with van der Waals surface area (Å²) in [6.07, 6.45) is 2.51. The third-order valence-electron chi connectivity index (χ3n) is 4.95. The number of carbonyl (C=O) groups excluding carboxylic acids is 1. The molecule has 0 unspecified atom stereocenters. The van der Waals surface area contributed by atoms with Crippen molar-refractivity contribution in [1.29, 1.82) is 0 Å². The van der Waals surface area contributed by atoms with Crippen LogP contribution in [0.5, 0.6) is 5.75 Å². The first-order valence-electron chi connectivity index (χ1n) is 11.1. The highest BCUT2D eigenvalue weighted by molar-refractivity contribution is 6.09. The summed E-state index contributed by atoms with van der Waals surface area (Å²) in [5.41, 5.74) is 4.30. The number of hydrogen-bond acceptors (Lipinski definition) is 4. The van der Waals surface area contributed by atoms with Gasteiger partial charge in [0.05, 0.1) is 6.61 Å². The average Bonchev–Trinajstić information content (AvgIpc) is 2.92. The molecule has 2 N–H and O–H groups in total. The van der Waals surface area contributed by atoms with Gasteiger partial charge in [-0.1, -0.05) is 84.9 Å². The van der Waals surface area contributed by atoms with Crippen LogP contribution in [-0.4, -0.2) is 35.2 Å².